The van der Waals surface area contributed by atoms with E-state index in [9.17, 15) is 14.4 Å². The van der Waals surface area contributed by atoms with Crippen LogP contribution in [-0.4, -0.2) is 28.9 Å². The number of carboxylic acids is 1. The van der Waals surface area contributed by atoms with Crippen LogP contribution in [0.4, 0.5) is 0 Å². The van der Waals surface area contributed by atoms with Crippen LogP contribution in [0.25, 0.3) is 0 Å². The zero-order chi connectivity index (χ0) is 10.9. The normalized spacial score (nSPS) is 7.92. The Hall–Kier alpha value is -1.10. The quantitative estimate of drug-likeness (QED) is 0.423. The monoisotopic (exact) mass is 210 g/mol. The van der Waals surface area contributed by atoms with Crippen LogP contribution in [-0.2, 0) is 19.1 Å². The first kappa shape index (κ1) is 14.4. The molecule has 0 aliphatic carbocycles. The van der Waals surface area contributed by atoms with Gasteiger partial charge in [0.2, 0.25) is 5.24 Å². The molecule has 5 nitrogen and oxygen atoms in total. The highest BCUT2D eigenvalue weighted by atomic mass is 35.5. The first-order valence-electron chi connectivity index (χ1n) is 3.43. The number of aliphatic carboxylic acids is 1. The standard InChI is InChI=1S/C4H8O2.C3H3ClO3/c1-3-6-4(2)5;4-2(5)1-3(6)7/h3H2,1-2H3;1H2,(H,6,7). The second kappa shape index (κ2) is 8.99. The van der Waals surface area contributed by atoms with Gasteiger partial charge in [0.15, 0.2) is 0 Å². The molecule has 0 aliphatic heterocycles. The van der Waals surface area contributed by atoms with Gasteiger partial charge in [-0.2, -0.15) is 0 Å². The first-order valence-corrected chi connectivity index (χ1v) is 3.81. The Labute approximate surface area is 80.6 Å². The summed E-state index contributed by atoms with van der Waals surface area (Å²) >= 11 is 4.65. The molecule has 0 saturated carbocycles. The minimum atomic E-state index is -1.19. The summed E-state index contributed by atoms with van der Waals surface area (Å²) in [6.07, 6.45) is -0.596. The topological polar surface area (TPSA) is 80.7 Å². The molecular formula is C7H11ClO5. The van der Waals surface area contributed by atoms with Crippen molar-refractivity contribution in [2.75, 3.05) is 6.61 Å². The van der Waals surface area contributed by atoms with Crippen LogP contribution in [0.15, 0.2) is 0 Å². The third-order valence-corrected chi connectivity index (χ3v) is 0.771. The average molecular weight is 211 g/mol. The van der Waals surface area contributed by atoms with E-state index in [0.29, 0.717) is 6.61 Å². The highest BCUT2D eigenvalue weighted by Crippen LogP contribution is 1.85. The minimum Gasteiger partial charge on any atom is -0.481 e. The molecule has 0 aromatic carbocycles. The Kier molecular flexibility index (Phi) is 9.98. The van der Waals surface area contributed by atoms with Crippen molar-refractivity contribution in [1.29, 1.82) is 0 Å². The molecular weight excluding hydrogens is 200 g/mol. The van der Waals surface area contributed by atoms with Crippen LogP contribution in [0.1, 0.15) is 20.3 Å². The molecule has 0 atom stereocenters. The number of esters is 1. The zero-order valence-corrected chi connectivity index (χ0v) is 8.13. The lowest BCUT2D eigenvalue weighted by molar-refractivity contribution is -0.141. The Morgan fingerprint density at radius 3 is 1.85 bits per heavy atom. The van der Waals surface area contributed by atoms with E-state index in [1.807, 2.05) is 0 Å². The van der Waals surface area contributed by atoms with E-state index in [1.165, 1.54) is 6.92 Å². The summed E-state index contributed by atoms with van der Waals surface area (Å²) in [5, 5.41) is 6.94. The van der Waals surface area contributed by atoms with E-state index >= 15 is 0 Å². The lowest BCUT2D eigenvalue weighted by Gasteiger charge is -1.89. The number of carbonyl (C=O) groups excluding carboxylic acids is 2. The number of halogens is 1. The molecule has 0 saturated heterocycles. The molecule has 0 spiro atoms. The van der Waals surface area contributed by atoms with Gasteiger partial charge in [-0.05, 0) is 18.5 Å². The maximum Gasteiger partial charge on any atom is 0.312 e. The van der Waals surface area contributed by atoms with Gasteiger partial charge in [-0.3, -0.25) is 14.4 Å². The first-order chi connectivity index (χ1) is 5.90. The van der Waals surface area contributed by atoms with Gasteiger partial charge < -0.3 is 9.84 Å². The van der Waals surface area contributed by atoms with E-state index in [4.69, 9.17) is 5.11 Å². The molecule has 1 N–H and O–H groups in total. The van der Waals surface area contributed by atoms with Crippen LogP contribution >= 0.6 is 11.6 Å². The lowest BCUT2D eigenvalue weighted by atomic mass is 10.5. The predicted octanol–water partition coefficient (Wildman–Crippen LogP) is 0.796. The molecule has 0 rings (SSSR count). The van der Waals surface area contributed by atoms with Gasteiger partial charge in [0.1, 0.15) is 6.42 Å². The van der Waals surface area contributed by atoms with Crippen molar-refractivity contribution in [1.82, 2.24) is 0 Å². The van der Waals surface area contributed by atoms with Gasteiger partial charge in [0.05, 0.1) is 6.61 Å². The third kappa shape index (κ3) is 24.8. The molecule has 0 aromatic heterocycles. The summed E-state index contributed by atoms with van der Waals surface area (Å²) in [5.41, 5.74) is 0. The van der Waals surface area contributed by atoms with Crippen molar-refractivity contribution >= 4 is 28.8 Å². The predicted molar refractivity (Wildman–Crippen MR) is 45.4 cm³/mol. The number of ether oxygens (including phenoxy) is 1. The molecule has 13 heavy (non-hydrogen) atoms. The second-order valence-corrected chi connectivity index (χ2v) is 2.27. The van der Waals surface area contributed by atoms with Gasteiger partial charge in [0, 0.05) is 6.92 Å². The molecule has 0 bridgehead atoms. The van der Waals surface area contributed by atoms with Crippen molar-refractivity contribution in [3.05, 3.63) is 0 Å². The van der Waals surface area contributed by atoms with Gasteiger partial charge in [-0.1, -0.05) is 0 Å². The summed E-state index contributed by atoms with van der Waals surface area (Å²) in [7, 11) is 0. The Balaban J connectivity index is 0. The fourth-order valence-electron chi connectivity index (χ4n) is 0.322. The number of rotatable bonds is 3. The summed E-state index contributed by atoms with van der Waals surface area (Å²) in [6, 6.07) is 0. The van der Waals surface area contributed by atoms with Crippen molar-refractivity contribution in [3.63, 3.8) is 0 Å². The zero-order valence-electron chi connectivity index (χ0n) is 7.37. The lowest BCUT2D eigenvalue weighted by Crippen LogP contribution is -1.98. The smallest absolute Gasteiger partial charge is 0.312 e. The Bertz CT molecular complexity index is 177. The van der Waals surface area contributed by atoms with E-state index in [1.54, 1.807) is 6.92 Å². The molecule has 76 valence electrons. The van der Waals surface area contributed by atoms with E-state index in [0.717, 1.165) is 0 Å². The maximum atomic E-state index is 9.82. The van der Waals surface area contributed by atoms with Crippen LogP contribution in [0, 0.1) is 0 Å². The molecule has 0 aliphatic rings. The molecule has 0 radical (unpaired) electrons. The van der Waals surface area contributed by atoms with Crippen LogP contribution < -0.4 is 0 Å². The third-order valence-electron chi connectivity index (χ3n) is 0.638. The molecule has 0 aromatic rings. The highest BCUT2D eigenvalue weighted by molar-refractivity contribution is 6.64. The van der Waals surface area contributed by atoms with Gasteiger partial charge in [-0.25, -0.2) is 0 Å². The Morgan fingerprint density at radius 2 is 1.85 bits per heavy atom. The maximum absolute atomic E-state index is 9.82. The van der Waals surface area contributed by atoms with Crippen LogP contribution in [0.2, 0.25) is 0 Å². The fourth-order valence-corrected chi connectivity index (χ4v) is 0.436. The van der Waals surface area contributed by atoms with Crippen molar-refractivity contribution in [2.24, 2.45) is 0 Å². The van der Waals surface area contributed by atoms with E-state index < -0.39 is 17.6 Å². The number of hydrogen-bond acceptors (Lipinski definition) is 4. The second-order valence-electron chi connectivity index (χ2n) is 1.85. The summed E-state index contributed by atoms with van der Waals surface area (Å²) in [4.78, 5) is 29.0. The minimum absolute atomic E-state index is 0.211. The van der Waals surface area contributed by atoms with Crippen molar-refractivity contribution in [2.45, 2.75) is 20.3 Å². The fraction of sp³-hybridized carbons (Fsp3) is 0.571. The van der Waals surface area contributed by atoms with Crippen LogP contribution in [0.5, 0.6) is 0 Å². The SMILES string of the molecule is CCOC(C)=O.O=C(O)CC(=O)Cl. The van der Waals surface area contributed by atoms with Gasteiger partial charge in [-0.15, -0.1) is 0 Å². The largest absolute Gasteiger partial charge is 0.481 e. The number of carbonyl (C=O) groups is 3. The molecule has 0 fully saturated rings. The summed E-state index contributed by atoms with van der Waals surface area (Å²) < 4.78 is 4.40. The molecule has 0 amide bonds. The van der Waals surface area contributed by atoms with Crippen LogP contribution in [0.3, 0.4) is 0 Å². The average Bonchev–Trinajstić information content (AvgIpc) is 1.83. The van der Waals surface area contributed by atoms with E-state index in [2.05, 4.69) is 16.3 Å². The van der Waals surface area contributed by atoms with Crippen molar-refractivity contribution < 1.29 is 24.2 Å². The number of hydrogen-bond donors (Lipinski definition) is 1. The molecule has 0 heterocycles. The van der Waals surface area contributed by atoms with Crippen molar-refractivity contribution in [3.8, 4) is 0 Å². The summed E-state index contributed by atoms with van der Waals surface area (Å²) in [6.45, 7) is 3.65. The number of carboxylic acid groups (broad SMARTS) is 1. The van der Waals surface area contributed by atoms with E-state index in [-0.39, 0.29) is 5.97 Å². The Morgan fingerprint density at radius 1 is 1.38 bits per heavy atom. The van der Waals surface area contributed by atoms with Gasteiger partial charge in [0.25, 0.3) is 0 Å². The highest BCUT2D eigenvalue weighted by Gasteiger charge is 2.00. The molecule has 6 heteroatoms. The van der Waals surface area contributed by atoms with Gasteiger partial charge >= 0.3 is 11.9 Å². The summed E-state index contributed by atoms with van der Waals surface area (Å²) in [5.74, 6) is -1.41. The molecule has 0 unspecified atom stereocenters.